The Balaban J connectivity index is 2.22. The first-order chi connectivity index (χ1) is 10.5. The lowest BCUT2D eigenvalue weighted by atomic mass is 9.80. The second-order valence-electron chi connectivity index (χ2n) is 5.06. The Labute approximate surface area is 131 Å². The maximum absolute atomic E-state index is 11.8. The highest BCUT2D eigenvalue weighted by molar-refractivity contribution is 6.58. The van der Waals surface area contributed by atoms with Crippen LogP contribution in [0.5, 0.6) is 0 Å². The maximum Gasteiger partial charge on any atom is 0.488 e. The van der Waals surface area contributed by atoms with Gasteiger partial charge in [-0.05, 0) is 36.9 Å². The zero-order valence-electron chi connectivity index (χ0n) is 12.8. The molecule has 0 aromatic heterocycles. The molecule has 0 heterocycles. The zero-order valence-corrected chi connectivity index (χ0v) is 12.8. The monoisotopic (exact) mass is 306 g/mol. The van der Waals surface area contributed by atoms with Crippen molar-refractivity contribution in [1.82, 2.24) is 10.6 Å². The van der Waals surface area contributed by atoms with E-state index in [2.05, 4.69) is 10.6 Å². The van der Waals surface area contributed by atoms with Crippen molar-refractivity contribution in [3.05, 3.63) is 29.8 Å². The van der Waals surface area contributed by atoms with Gasteiger partial charge in [0.25, 0.3) is 5.91 Å². The van der Waals surface area contributed by atoms with Gasteiger partial charge in [0.1, 0.15) is 0 Å². The van der Waals surface area contributed by atoms with Crippen molar-refractivity contribution in [2.45, 2.75) is 32.6 Å². The fourth-order valence-corrected chi connectivity index (χ4v) is 1.87. The lowest BCUT2D eigenvalue weighted by Crippen LogP contribution is -2.30. The molecule has 0 bridgehead atoms. The standard InChI is InChI=1S/C15H23BN2O4/c1-2-10-17-14(19)5-3-4-11-18-15(20)12-6-8-13(9-7-12)16(21)22/h6-9,21-22H,2-5,10-11H2,1H3,(H,17,19)(H,18,20). The summed E-state index contributed by atoms with van der Waals surface area (Å²) < 4.78 is 0. The van der Waals surface area contributed by atoms with Crippen molar-refractivity contribution < 1.29 is 19.6 Å². The first-order valence-electron chi connectivity index (χ1n) is 7.55. The summed E-state index contributed by atoms with van der Waals surface area (Å²) in [6, 6.07) is 6.08. The van der Waals surface area contributed by atoms with Gasteiger partial charge in [-0.25, -0.2) is 0 Å². The molecule has 2 amide bonds. The van der Waals surface area contributed by atoms with E-state index < -0.39 is 7.12 Å². The van der Waals surface area contributed by atoms with E-state index in [9.17, 15) is 9.59 Å². The number of carbonyl (C=O) groups excluding carboxylic acids is 2. The topological polar surface area (TPSA) is 98.7 Å². The first-order valence-corrected chi connectivity index (χ1v) is 7.55. The predicted molar refractivity (Wildman–Crippen MR) is 85.8 cm³/mol. The van der Waals surface area contributed by atoms with Gasteiger partial charge in [-0.2, -0.15) is 0 Å². The fraction of sp³-hybridized carbons (Fsp3) is 0.467. The van der Waals surface area contributed by atoms with E-state index in [0.29, 0.717) is 30.5 Å². The summed E-state index contributed by atoms with van der Waals surface area (Å²) in [5, 5.41) is 23.5. The Morgan fingerprint density at radius 1 is 1.05 bits per heavy atom. The molecule has 4 N–H and O–H groups in total. The van der Waals surface area contributed by atoms with E-state index in [1.165, 1.54) is 12.1 Å². The smallest absolute Gasteiger partial charge is 0.423 e. The quantitative estimate of drug-likeness (QED) is 0.375. The molecule has 6 nitrogen and oxygen atoms in total. The molecule has 0 saturated carbocycles. The minimum atomic E-state index is -1.53. The Morgan fingerprint density at radius 3 is 2.32 bits per heavy atom. The van der Waals surface area contributed by atoms with Crippen LogP contribution in [0.4, 0.5) is 0 Å². The average Bonchev–Trinajstić information content (AvgIpc) is 2.52. The number of hydrogen-bond acceptors (Lipinski definition) is 4. The van der Waals surface area contributed by atoms with E-state index in [0.717, 1.165) is 19.3 Å². The molecular formula is C15H23BN2O4. The van der Waals surface area contributed by atoms with Gasteiger partial charge < -0.3 is 20.7 Å². The number of rotatable bonds is 9. The van der Waals surface area contributed by atoms with E-state index in [-0.39, 0.29) is 11.8 Å². The minimum absolute atomic E-state index is 0.0475. The summed E-state index contributed by atoms with van der Waals surface area (Å²) in [7, 11) is -1.53. The Morgan fingerprint density at radius 2 is 1.73 bits per heavy atom. The van der Waals surface area contributed by atoms with Crippen LogP contribution in [-0.4, -0.2) is 42.1 Å². The van der Waals surface area contributed by atoms with Crippen LogP contribution in [0.15, 0.2) is 24.3 Å². The van der Waals surface area contributed by atoms with Crippen LogP contribution in [0.1, 0.15) is 43.0 Å². The minimum Gasteiger partial charge on any atom is -0.423 e. The lowest BCUT2D eigenvalue weighted by molar-refractivity contribution is -0.121. The molecule has 0 radical (unpaired) electrons. The average molecular weight is 306 g/mol. The molecule has 0 atom stereocenters. The van der Waals surface area contributed by atoms with Crippen LogP contribution in [0, 0.1) is 0 Å². The highest BCUT2D eigenvalue weighted by atomic mass is 16.4. The summed E-state index contributed by atoms with van der Waals surface area (Å²) in [5.41, 5.74) is 0.805. The third-order valence-corrected chi connectivity index (χ3v) is 3.16. The van der Waals surface area contributed by atoms with Gasteiger partial charge in [0.05, 0.1) is 0 Å². The van der Waals surface area contributed by atoms with E-state index in [1.807, 2.05) is 6.92 Å². The summed E-state index contributed by atoms with van der Waals surface area (Å²) >= 11 is 0. The van der Waals surface area contributed by atoms with Crippen LogP contribution in [0.3, 0.4) is 0 Å². The second-order valence-corrected chi connectivity index (χ2v) is 5.06. The van der Waals surface area contributed by atoms with Crippen LogP contribution in [0.2, 0.25) is 0 Å². The molecule has 0 aliphatic heterocycles. The summed E-state index contributed by atoms with van der Waals surface area (Å²) in [6.45, 7) is 3.21. The summed E-state index contributed by atoms with van der Waals surface area (Å²) in [5.74, 6) is -0.166. The Bertz CT molecular complexity index is 477. The molecule has 1 aromatic carbocycles. The molecule has 7 heteroatoms. The number of hydrogen-bond donors (Lipinski definition) is 4. The van der Waals surface area contributed by atoms with Crippen LogP contribution < -0.4 is 16.1 Å². The van der Waals surface area contributed by atoms with Crippen molar-refractivity contribution in [1.29, 1.82) is 0 Å². The molecule has 22 heavy (non-hydrogen) atoms. The van der Waals surface area contributed by atoms with Crippen molar-refractivity contribution in [2.24, 2.45) is 0 Å². The summed E-state index contributed by atoms with van der Waals surface area (Å²) in [6.07, 6.45) is 2.86. The molecule has 0 spiro atoms. The molecule has 1 rings (SSSR count). The Kier molecular flexibility index (Phi) is 8.24. The Hall–Kier alpha value is -1.86. The summed E-state index contributed by atoms with van der Waals surface area (Å²) in [4.78, 5) is 23.2. The zero-order chi connectivity index (χ0) is 16.4. The molecule has 120 valence electrons. The van der Waals surface area contributed by atoms with Crippen LogP contribution in [0.25, 0.3) is 0 Å². The van der Waals surface area contributed by atoms with Gasteiger partial charge >= 0.3 is 7.12 Å². The molecular weight excluding hydrogens is 283 g/mol. The van der Waals surface area contributed by atoms with E-state index >= 15 is 0 Å². The number of unbranched alkanes of at least 4 members (excludes halogenated alkanes) is 1. The third kappa shape index (κ3) is 6.73. The largest absolute Gasteiger partial charge is 0.488 e. The number of carbonyl (C=O) groups is 2. The van der Waals surface area contributed by atoms with Gasteiger partial charge in [0, 0.05) is 25.1 Å². The molecule has 0 aliphatic carbocycles. The third-order valence-electron chi connectivity index (χ3n) is 3.16. The second kappa shape index (κ2) is 9.97. The molecule has 0 saturated heterocycles. The van der Waals surface area contributed by atoms with Crippen molar-refractivity contribution in [3.8, 4) is 0 Å². The highest BCUT2D eigenvalue weighted by Crippen LogP contribution is 1.99. The molecule has 0 fully saturated rings. The number of amides is 2. The highest BCUT2D eigenvalue weighted by Gasteiger charge is 2.11. The van der Waals surface area contributed by atoms with E-state index in [4.69, 9.17) is 10.0 Å². The predicted octanol–water partition coefficient (Wildman–Crippen LogP) is -0.207. The van der Waals surface area contributed by atoms with Gasteiger partial charge in [-0.1, -0.05) is 19.1 Å². The van der Waals surface area contributed by atoms with Gasteiger partial charge in [-0.3, -0.25) is 9.59 Å². The fourth-order valence-electron chi connectivity index (χ4n) is 1.87. The maximum atomic E-state index is 11.8. The van der Waals surface area contributed by atoms with Gasteiger partial charge in [0.15, 0.2) is 0 Å². The first kappa shape index (κ1) is 18.2. The molecule has 1 aromatic rings. The lowest BCUT2D eigenvalue weighted by Gasteiger charge is -2.06. The van der Waals surface area contributed by atoms with Crippen LogP contribution in [-0.2, 0) is 4.79 Å². The van der Waals surface area contributed by atoms with E-state index in [1.54, 1.807) is 12.1 Å². The number of nitrogens with one attached hydrogen (secondary N) is 2. The molecule has 0 aliphatic rings. The van der Waals surface area contributed by atoms with Crippen molar-refractivity contribution in [3.63, 3.8) is 0 Å². The van der Waals surface area contributed by atoms with Gasteiger partial charge in [-0.15, -0.1) is 0 Å². The van der Waals surface area contributed by atoms with Gasteiger partial charge in [0.2, 0.25) is 5.91 Å². The normalized spacial score (nSPS) is 10.1. The van der Waals surface area contributed by atoms with Crippen LogP contribution >= 0.6 is 0 Å². The molecule has 0 unspecified atom stereocenters. The SMILES string of the molecule is CCCNC(=O)CCCCNC(=O)c1ccc(B(O)O)cc1. The van der Waals surface area contributed by atoms with Crippen molar-refractivity contribution >= 4 is 24.4 Å². The van der Waals surface area contributed by atoms with Crippen molar-refractivity contribution in [2.75, 3.05) is 13.1 Å². The number of benzene rings is 1.